The van der Waals surface area contributed by atoms with Crippen LogP contribution in [0.5, 0.6) is 11.5 Å². The highest BCUT2D eigenvalue weighted by Gasteiger charge is 2.66. The molecule has 8 heteroatoms. The molecular weight excluding hydrogens is 654 g/mol. The molecule has 52 heavy (non-hydrogen) atoms. The van der Waals surface area contributed by atoms with Crippen molar-refractivity contribution in [2.75, 3.05) is 19.8 Å². The molecule has 1 saturated heterocycles. The number of aliphatic hydroxyl groups excluding tert-OH is 1. The summed E-state index contributed by atoms with van der Waals surface area (Å²) in [4.78, 5) is 60.2. The maximum Gasteiger partial charge on any atom is 0.233 e. The van der Waals surface area contributed by atoms with E-state index >= 15 is 9.59 Å². The minimum Gasteiger partial charge on any atom is -0.508 e. The van der Waals surface area contributed by atoms with E-state index in [1.807, 2.05) is 91.0 Å². The number of phenols is 1. The Morgan fingerprint density at radius 2 is 1.48 bits per heavy atom. The number of aliphatic hydroxyl groups is 1. The van der Waals surface area contributed by atoms with Gasteiger partial charge in [-0.3, -0.25) is 24.1 Å². The normalized spacial score (nSPS) is 26.6. The summed E-state index contributed by atoms with van der Waals surface area (Å²) in [6, 6.07) is 32.8. The van der Waals surface area contributed by atoms with Gasteiger partial charge in [-0.1, -0.05) is 103 Å². The maximum atomic E-state index is 15.2. The summed E-state index contributed by atoms with van der Waals surface area (Å²) >= 11 is 0. The summed E-state index contributed by atoms with van der Waals surface area (Å²) in [7, 11) is 0. The monoisotopic (exact) mass is 693 g/mol. The highest BCUT2D eigenvalue weighted by molar-refractivity contribution is 6.31. The van der Waals surface area contributed by atoms with Crippen LogP contribution in [0.2, 0.25) is 0 Å². The Morgan fingerprint density at radius 3 is 2.21 bits per heavy atom. The van der Waals surface area contributed by atoms with Crippen LogP contribution in [0.1, 0.15) is 41.0 Å². The molecule has 262 valence electrons. The number of carbonyl (C=O) groups excluding carboxylic acids is 4. The molecule has 1 heterocycles. The van der Waals surface area contributed by atoms with E-state index in [0.29, 0.717) is 40.9 Å². The first-order valence-corrected chi connectivity index (χ1v) is 17.9. The molecule has 2 N–H and O–H groups in total. The Labute approximate surface area is 302 Å². The van der Waals surface area contributed by atoms with Crippen LogP contribution < -0.4 is 4.74 Å². The van der Waals surface area contributed by atoms with Crippen molar-refractivity contribution in [3.05, 3.63) is 149 Å². The van der Waals surface area contributed by atoms with Crippen LogP contribution >= 0.6 is 0 Å². The van der Waals surface area contributed by atoms with E-state index < -0.39 is 35.0 Å². The van der Waals surface area contributed by atoms with E-state index in [-0.39, 0.29) is 55.3 Å². The predicted molar refractivity (Wildman–Crippen MR) is 194 cm³/mol. The number of ether oxygens (including phenoxy) is 1. The van der Waals surface area contributed by atoms with Crippen molar-refractivity contribution >= 4 is 29.0 Å². The van der Waals surface area contributed by atoms with Crippen molar-refractivity contribution in [1.29, 1.82) is 0 Å². The zero-order valence-corrected chi connectivity index (χ0v) is 28.6. The van der Waals surface area contributed by atoms with Gasteiger partial charge in [0.1, 0.15) is 18.1 Å². The quantitative estimate of drug-likeness (QED) is 0.167. The van der Waals surface area contributed by atoms with Gasteiger partial charge in [-0.25, -0.2) is 0 Å². The molecule has 0 aromatic heterocycles. The second-order valence-electron chi connectivity index (χ2n) is 14.1. The molecule has 4 aromatic rings. The van der Waals surface area contributed by atoms with E-state index in [0.717, 1.165) is 11.1 Å². The van der Waals surface area contributed by atoms with Crippen molar-refractivity contribution in [2.45, 2.75) is 30.6 Å². The van der Waals surface area contributed by atoms with Crippen LogP contribution in [0, 0.1) is 23.7 Å². The number of para-hydroxylation sites is 1. The van der Waals surface area contributed by atoms with Crippen molar-refractivity contribution < 1.29 is 34.1 Å². The SMILES string of the molecule is O=C1C(c2ccccc2)=CC(=O)[C@@]2(c3ccccc3)[C@@H](c3ccccc3OCCO)C3=CC[C@@H]4C(=O)N(CCc5ccc(O)cc5)C(=O)[C@@H]4[C@@H]3C[C@@H]12. The van der Waals surface area contributed by atoms with Gasteiger partial charge < -0.3 is 14.9 Å². The molecule has 0 unspecified atom stereocenters. The number of hydrogen-bond acceptors (Lipinski definition) is 7. The average molecular weight is 694 g/mol. The highest BCUT2D eigenvalue weighted by Crippen LogP contribution is 2.64. The third kappa shape index (κ3) is 5.32. The summed E-state index contributed by atoms with van der Waals surface area (Å²) in [5.74, 6) is -3.53. The van der Waals surface area contributed by atoms with Crippen LogP contribution in [-0.2, 0) is 31.0 Å². The molecule has 0 bridgehead atoms. The van der Waals surface area contributed by atoms with Crippen LogP contribution in [0.3, 0.4) is 0 Å². The number of imide groups is 1. The molecule has 1 saturated carbocycles. The Hall–Kier alpha value is -5.60. The molecule has 0 radical (unpaired) electrons. The number of Topliss-reactive ketones (excluding diaryl/α,β-unsaturated/α-hetero) is 1. The Balaban J connectivity index is 1.29. The lowest BCUT2D eigenvalue weighted by atomic mass is 9.44. The average Bonchev–Trinajstić information content (AvgIpc) is 3.43. The number of hydrogen-bond donors (Lipinski definition) is 2. The number of carbonyl (C=O) groups is 4. The van der Waals surface area contributed by atoms with Gasteiger partial charge in [-0.2, -0.15) is 0 Å². The first-order valence-electron chi connectivity index (χ1n) is 17.9. The van der Waals surface area contributed by atoms with E-state index in [1.165, 1.54) is 11.0 Å². The van der Waals surface area contributed by atoms with Crippen molar-refractivity contribution in [1.82, 2.24) is 4.90 Å². The number of aromatic hydroxyl groups is 1. The number of fused-ring (bicyclic) bond motifs is 4. The number of nitrogens with zero attached hydrogens (tertiary/aromatic N) is 1. The number of rotatable bonds is 9. The summed E-state index contributed by atoms with van der Waals surface area (Å²) in [5.41, 5.74) is 2.78. The van der Waals surface area contributed by atoms with Crippen LogP contribution in [0.25, 0.3) is 5.57 Å². The van der Waals surface area contributed by atoms with Gasteiger partial charge in [0.05, 0.1) is 23.9 Å². The Morgan fingerprint density at radius 1 is 0.788 bits per heavy atom. The highest BCUT2D eigenvalue weighted by atomic mass is 16.5. The number of benzene rings is 4. The smallest absolute Gasteiger partial charge is 0.233 e. The zero-order chi connectivity index (χ0) is 36.0. The molecule has 4 aliphatic rings. The van der Waals surface area contributed by atoms with Crippen molar-refractivity contribution in [3.8, 4) is 11.5 Å². The van der Waals surface area contributed by atoms with Crippen LogP contribution in [-0.4, -0.2) is 58.3 Å². The van der Waals surface area contributed by atoms with E-state index in [2.05, 4.69) is 0 Å². The second kappa shape index (κ2) is 13.5. The molecule has 2 fully saturated rings. The summed E-state index contributed by atoms with van der Waals surface area (Å²) < 4.78 is 6.12. The molecule has 8 nitrogen and oxygen atoms in total. The fourth-order valence-corrected chi connectivity index (χ4v) is 9.41. The van der Waals surface area contributed by atoms with E-state index in [1.54, 1.807) is 24.3 Å². The number of likely N-dealkylation sites (tertiary alicyclic amines) is 1. The van der Waals surface area contributed by atoms with E-state index in [9.17, 15) is 19.8 Å². The van der Waals surface area contributed by atoms with Crippen LogP contribution in [0.15, 0.2) is 127 Å². The predicted octanol–water partition coefficient (Wildman–Crippen LogP) is 5.83. The molecule has 3 aliphatic carbocycles. The van der Waals surface area contributed by atoms with Gasteiger partial charge in [0.25, 0.3) is 0 Å². The van der Waals surface area contributed by atoms with Gasteiger partial charge >= 0.3 is 0 Å². The molecule has 2 amide bonds. The lowest BCUT2D eigenvalue weighted by molar-refractivity contribution is -0.140. The maximum absolute atomic E-state index is 15.2. The first-order chi connectivity index (χ1) is 25.3. The Kier molecular flexibility index (Phi) is 8.71. The zero-order valence-electron chi connectivity index (χ0n) is 28.6. The van der Waals surface area contributed by atoms with Gasteiger partial charge in [-0.15, -0.1) is 0 Å². The topological polar surface area (TPSA) is 121 Å². The molecule has 1 aliphatic heterocycles. The fourth-order valence-electron chi connectivity index (χ4n) is 9.41. The number of allylic oxidation sites excluding steroid dienone is 4. The van der Waals surface area contributed by atoms with Crippen molar-refractivity contribution in [3.63, 3.8) is 0 Å². The van der Waals surface area contributed by atoms with Crippen molar-refractivity contribution in [2.24, 2.45) is 23.7 Å². The fraction of sp³-hybridized carbons (Fsp3) is 0.273. The van der Waals surface area contributed by atoms with Gasteiger partial charge in [-0.05, 0) is 66.1 Å². The minimum atomic E-state index is -1.37. The lowest BCUT2D eigenvalue weighted by Crippen LogP contribution is -2.58. The molecule has 6 atom stereocenters. The van der Waals surface area contributed by atoms with Gasteiger partial charge in [0.2, 0.25) is 11.8 Å². The summed E-state index contributed by atoms with van der Waals surface area (Å²) in [6.07, 6.45) is 4.54. The van der Waals surface area contributed by atoms with Crippen LogP contribution in [0.4, 0.5) is 0 Å². The molecule has 8 rings (SSSR count). The van der Waals surface area contributed by atoms with Gasteiger partial charge in [0.15, 0.2) is 11.6 Å². The first kappa shape index (κ1) is 33.5. The third-order valence-corrected chi connectivity index (χ3v) is 11.6. The second-order valence-corrected chi connectivity index (χ2v) is 14.1. The summed E-state index contributed by atoms with van der Waals surface area (Å²) in [6.45, 7) is 0.0265. The number of ketones is 2. The summed E-state index contributed by atoms with van der Waals surface area (Å²) in [5, 5.41) is 19.5. The minimum absolute atomic E-state index is 0.0343. The largest absolute Gasteiger partial charge is 0.508 e. The van der Waals surface area contributed by atoms with E-state index in [4.69, 9.17) is 4.74 Å². The van der Waals surface area contributed by atoms with Gasteiger partial charge in [0, 0.05) is 29.5 Å². The Bertz CT molecular complexity index is 2110. The number of amides is 2. The molecule has 4 aromatic carbocycles. The third-order valence-electron chi connectivity index (χ3n) is 11.6. The number of phenolic OH excluding ortho intramolecular Hbond substituents is 1. The molecule has 0 spiro atoms. The lowest BCUT2D eigenvalue weighted by Gasteiger charge is -2.55. The molecular formula is C44H39NO7. The standard InChI is InChI=1S/C44H39NO7/c46-23-24-52-37-14-8-7-13-32(37)40-31-19-20-33-39(43(51)45(42(33)50)22-21-27-15-17-30(47)18-16-27)35(31)25-36-41(49)34(28-9-3-1-4-10-28)26-38(48)44(36,40)29-11-5-2-6-12-29/h1-19,26,33,35-36,39-40,46-47H,20-25H2/t33-,35+,36-,39-,40+,44-/m0/s1.